The van der Waals surface area contributed by atoms with E-state index in [1.807, 2.05) is 0 Å². The van der Waals surface area contributed by atoms with E-state index in [4.69, 9.17) is 15.2 Å². The normalized spacial score (nSPS) is 17.6. The van der Waals surface area contributed by atoms with E-state index in [1.54, 1.807) is 25.2 Å². The van der Waals surface area contributed by atoms with Gasteiger partial charge in [0.2, 0.25) is 5.91 Å². The van der Waals surface area contributed by atoms with E-state index < -0.39 is 6.09 Å². The second-order valence-corrected chi connectivity index (χ2v) is 4.79. The Morgan fingerprint density at radius 1 is 1.57 bits per heavy atom. The highest BCUT2D eigenvalue weighted by molar-refractivity contribution is 5.94. The molecule has 1 aliphatic heterocycles. The van der Waals surface area contributed by atoms with Crippen LogP contribution in [-0.2, 0) is 9.53 Å². The molecule has 1 aliphatic rings. The van der Waals surface area contributed by atoms with Crippen LogP contribution in [0.4, 0.5) is 16.2 Å². The maximum atomic E-state index is 11.9. The molecule has 0 bridgehead atoms. The lowest BCUT2D eigenvalue weighted by Gasteiger charge is -2.20. The van der Waals surface area contributed by atoms with Crippen LogP contribution in [-0.4, -0.2) is 45.4 Å². The summed E-state index contributed by atoms with van der Waals surface area (Å²) in [7, 11) is 3.18. The summed E-state index contributed by atoms with van der Waals surface area (Å²) in [5, 5.41) is 0. The van der Waals surface area contributed by atoms with E-state index in [0.717, 1.165) is 0 Å². The van der Waals surface area contributed by atoms with Gasteiger partial charge in [-0.1, -0.05) is 0 Å². The lowest BCUT2D eigenvalue weighted by atomic mass is 10.2. The van der Waals surface area contributed by atoms with Gasteiger partial charge in [-0.25, -0.2) is 4.79 Å². The standard InChI is InChI=1S/C14H19N3O4/c1-9(18)16(2)10-4-5-12(13(6-10)20-3)17-8-11(7-15)21-14(17)19/h4-6,11H,7-8,15H2,1-3H3. The highest BCUT2D eigenvalue weighted by Gasteiger charge is 2.33. The number of hydrogen-bond donors (Lipinski definition) is 1. The summed E-state index contributed by atoms with van der Waals surface area (Å²) < 4.78 is 10.5. The molecule has 1 unspecified atom stereocenters. The smallest absolute Gasteiger partial charge is 0.414 e. The number of ether oxygens (including phenoxy) is 2. The Bertz CT molecular complexity index is 561. The molecule has 21 heavy (non-hydrogen) atoms. The summed E-state index contributed by atoms with van der Waals surface area (Å²) in [6.07, 6.45) is -0.766. The van der Waals surface area contributed by atoms with E-state index in [0.29, 0.717) is 23.7 Å². The minimum absolute atomic E-state index is 0.0893. The number of rotatable bonds is 4. The molecule has 0 spiro atoms. The lowest BCUT2D eigenvalue weighted by molar-refractivity contribution is -0.116. The van der Waals surface area contributed by atoms with E-state index in [9.17, 15) is 9.59 Å². The minimum Gasteiger partial charge on any atom is -0.494 e. The van der Waals surface area contributed by atoms with E-state index in [-0.39, 0.29) is 18.6 Å². The first kappa shape index (κ1) is 15.1. The second-order valence-electron chi connectivity index (χ2n) is 4.79. The number of anilines is 2. The van der Waals surface area contributed by atoms with E-state index in [2.05, 4.69) is 0 Å². The number of carbonyl (C=O) groups excluding carboxylic acids is 2. The van der Waals surface area contributed by atoms with Crippen molar-refractivity contribution in [3.63, 3.8) is 0 Å². The van der Waals surface area contributed by atoms with Gasteiger partial charge in [0.15, 0.2) is 0 Å². The summed E-state index contributed by atoms with van der Waals surface area (Å²) in [4.78, 5) is 26.3. The molecule has 1 saturated heterocycles. The first-order valence-corrected chi connectivity index (χ1v) is 6.58. The number of nitrogens with two attached hydrogens (primary N) is 1. The zero-order chi connectivity index (χ0) is 15.6. The Balaban J connectivity index is 2.33. The van der Waals surface area contributed by atoms with Crippen LogP contribution in [0.1, 0.15) is 6.92 Å². The molecular weight excluding hydrogens is 274 g/mol. The zero-order valence-electron chi connectivity index (χ0n) is 12.3. The van der Waals surface area contributed by atoms with E-state index >= 15 is 0 Å². The molecule has 114 valence electrons. The van der Waals surface area contributed by atoms with Crippen LogP contribution >= 0.6 is 0 Å². The van der Waals surface area contributed by atoms with Gasteiger partial charge >= 0.3 is 6.09 Å². The fraction of sp³-hybridized carbons (Fsp3) is 0.429. The van der Waals surface area contributed by atoms with Gasteiger partial charge in [-0.15, -0.1) is 0 Å². The van der Waals surface area contributed by atoms with Gasteiger partial charge in [0.1, 0.15) is 11.9 Å². The summed E-state index contributed by atoms with van der Waals surface area (Å²) in [6.45, 7) is 2.13. The van der Waals surface area contributed by atoms with Crippen molar-refractivity contribution in [2.75, 3.05) is 37.0 Å². The first-order chi connectivity index (χ1) is 9.97. The van der Waals surface area contributed by atoms with E-state index in [1.165, 1.54) is 23.8 Å². The van der Waals surface area contributed by atoms with Crippen molar-refractivity contribution in [1.29, 1.82) is 0 Å². The fourth-order valence-corrected chi connectivity index (χ4v) is 2.12. The number of amides is 2. The molecule has 1 fully saturated rings. The maximum Gasteiger partial charge on any atom is 0.414 e. The largest absolute Gasteiger partial charge is 0.494 e. The van der Waals surface area contributed by atoms with Crippen molar-refractivity contribution >= 4 is 23.4 Å². The molecule has 7 nitrogen and oxygen atoms in total. The van der Waals surface area contributed by atoms with Gasteiger partial charge < -0.3 is 20.1 Å². The number of nitrogens with zero attached hydrogens (tertiary/aromatic N) is 2. The van der Waals surface area contributed by atoms with Crippen LogP contribution < -0.4 is 20.3 Å². The monoisotopic (exact) mass is 293 g/mol. The quantitative estimate of drug-likeness (QED) is 0.893. The molecule has 1 atom stereocenters. The van der Waals surface area contributed by atoms with Crippen molar-refractivity contribution in [2.45, 2.75) is 13.0 Å². The predicted octanol–water partition coefficient (Wildman–Crippen LogP) is 0.962. The van der Waals surface area contributed by atoms with Crippen molar-refractivity contribution in [3.8, 4) is 5.75 Å². The lowest BCUT2D eigenvalue weighted by Crippen LogP contribution is -2.28. The van der Waals surface area contributed by atoms with Gasteiger partial charge in [-0.2, -0.15) is 0 Å². The Morgan fingerprint density at radius 3 is 2.81 bits per heavy atom. The Kier molecular flexibility index (Phi) is 4.32. The SMILES string of the molecule is COc1cc(N(C)C(C)=O)ccc1N1CC(CN)OC1=O. The van der Waals surface area contributed by atoms with Crippen LogP contribution in [0.2, 0.25) is 0 Å². The average Bonchev–Trinajstić information content (AvgIpc) is 2.86. The van der Waals surface area contributed by atoms with Crippen molar-refractivity contribution in [2.24, 2.45) is 5.73 Å². The average molecular weight is 293 g/mol. The van der Waals surface area contributed by atoms with Crippen molar-refractivity contribution in [3.05, 3.63) is 18.2 Å². The van der Waals surface area contributed by atoms with Crippen LogP contribution in [0.15, 0.2) is 18.2 Å². The topological polar surface area (TPSA) is 85.1 Å². The third kappa shape index (κ3) is 2.92. The third-order valence-electron chi connectivity index (χ3n) is 3.45. The molecule has 0 radical (unpaired) electrons. The number of methoxy groups -OCH3 is 1. The number of cyclic esters (lactones) is 1. The van der Waals surface area contributed by atoms with Crippen LogP contribution in [0.5, 0.6) is 5.75 Å². The van der Waals surface area contributed by atoms with Crippen molar-refractivity contribution < 1.29 is 19.1 Å². The maximum absolute atomic E-state index is 11.9. The molecule has 2 amide bonds. The summed E-state index contributed by atoms with van der Waals surface area (Å²) in [5.74, 6) is 0.406. The minimum atomic E-state index is -0.448. The molecule has 2 N–H and O–H groups in total. The molecule has 2 rings (SSSR count). The summed E-state index contributed by atoms with van der Waals surface area (Å²) >= 11 is 0. The van der Waals surface area contributed by atoms with Gasteiger partial charge in [-0.05, 0) is 12.1 Å². The fourth-order valence-electron chi connectivity index (χ4n) is 2.12. The van der Waals surface area contributed by atoms with Crippen LogP contribution in [0.25, 0.3) is 0 Å². The highest BCUT2D eigenvalue weighted by Crippen LogP contribution is 2.34. The number of hydrogen-bond acceptors (Lipinski definition) is 5. The summed E-state index contributed by atoms with van der Waals surface area (Å²) in [5.41, 5.74) is 6.81. The Morgan fingerprint density at radius 2 is 2.29 bits per heavy atom. The molecule has 0 aliphatic carbocycles. The Hall–Kier alpha value is -2.28. The van der Waals surface area contributed by atoms with Gasteiger partial charge in [0.25, 0.3) is 0 Å². The molecule has 1 aromatic rings. The Labute approximate surface area is 123 Å². The molecule has 1 heterocycles. The molecule has 1 aromatic carbocycles. The number of benzene rings is 1. The zero-order valence-corrected chi connectivity index (χ0v) is 12.3. The molecule has 7 heteroatoms. The first-order valence-electron chi connectivity index (χ1n) is 6.58. The van der Waals surface area contributed by atoms with Crippen molar-refractivity contribution in [1.82, 2.24) is 0 Å². The number of carbonyl (C=O) groups is 2. The molecule has 0 saturated carbocycles. The third-order valence-corrected chi connectivity index (χ3v) is 3.45. The highest BCUT2D eigenvalue weighted by atomic mass is 16.6. The van der Waals surface area contributed by atoms with Gasteiger partial charge in [0, 0.05) is 32.3 Å². The predicted molar refractivity (Wildman–Crippen MR) is 78.7 cm³/mol. The van der Waals surface area contributed by atoms with Crippen LogP contribution in [0.3, 0.4) is 0 Å². The molecular formula is C14H19N3O4. The second kappa shape index (κ2) is 6.01. The summed E-state index contributed by atoms with van der Waals surface area (Å²) in [6, 6.07) is 5.19. The molecule has 0 aromatic heterocycles. The van der Waals surface area contributed by atoms with Crippen LogP contribution in [0, 0.1) is 0 Å². The van der Waals surface area contributed by atoms with Gasteiger partial charge in [0.05, 0.1) is 19.3 Å². The van der Waals surface area contributed by atoms with Gasteiger partial charge in [-0.3, -0.25) is 9.69 Å².